The SMILES string of the molecule is COC(=O)Nc1nc2ccc(OS(=O)(=O)c3ccccc3OCC(C)C)cc2[nH]1. The lowest BCUT2D eigenvalue weighted by Crippen LogP contribution is -2.13. The van der Waals surface area contributed by atoms with Crippen molar-refractivity contribution in [2.24, 2.45) is 5.92 Å². The summed E-state index contributed by atoms with van der Waals surface area (Å²) in [6.07, 6.45) is -0.680. The Bertz CT molecular complexity index is 1120. The highest BCUT2D eigenvalue weighted by atomic mass is 32.2. The summed E-state index contributed by atoms with van der Waals surface area (Å²) in [5.74, 6) is 0.722. The zero-order valence-electron chi connectivity index (χ0n) is 16.1. The number of nitrogens with zero attached hydrogens (tertiary/aromatic N) is 1. The van der Waals surface area contributed by atoms with E-state index in [-0.39, 0.29) is 28.3 Å². The van der Waals surface area contributed by atoms with Crippen LogP contribution >= 0.6 is 0 Å². The van der Waals surface area contributed by atoms with E-state index in [1.165, 1.54) is 25.3 Å². The second kappa shape index (κ2) is 8.39. The Hall–Kier alpha value is -3.27. The fourth-order valence-corrected chi connectivity index (χ4v) is 3.52. The van der Waals surface area contributed by atoms with Crippen LogP contribution in [0.15, 0.2) is 47.4 Å². The number of anilines is 1. The van der Waals surface area contributed by atoms with E-state index in [1.807, 2.05) is 13.8 Å². The number of amides is 1. The van der Waals surface area contributed by atoms with Gasteiger partial charge in [-0.05, 0) is 30.2 Å². The normalized spacial score (nSPS) is 11.4. The van der Waals surface area contributed by atoms with Crippen LogP contribution in [-0.2, 0) is 14.9 Å². The maximum Gasteiger partial charge on any atom is 0.413 e. The van der Waals surface area contributed by atoms with Crippen molar-refractivity contribution in [1.29, 1.82) is 0 Å². The molecule has 0 aliphatic carbocycles. The molecule has 154 valence electrons. The maximum atomic E-state index is 12.8. The minimum atomic E-state index is -4.13. The van der Waals surface area contributed by atoms with Gasteiger partial charge in [0.25, 0.3) is 0 Å². The number of hydrogen-bond donors (Lipinski definition) is 2. The molecule has 3 aromatic rings. The van der Waals surface area contributed by atoms with E-state index in [0.717, 1.165) is 0 Å². The second-order valence-electron chi connectivity index (χ2n) is 6.57. The van der Waals surface area contributed by atoms with Crippen LogP contribution in [0.3, 0.4) is 0 Å². The zero-order chi connectivity index (χ0) is 21.0. The summed E-state index contributed by atoms with van der Waals surface area (Å²) in [5.41, 5.74) is 0.996. The molecule has 2 N–H and O–H groups in total. The number of fused-ring (bicyclic) bond motifs is 1. The van der Waals surface area contributed by atoms with E-state index >= 15 is 0 Å². The van der Waals surface area contributed by atoms with Gasteiger partial charge in [-0.15, -0.1) is 0 Å². The third kappa shape index (κ3) is 4.96. The van der Waals surface area contributed by atoms with Crippen LogP contribution in [0.1, 0.15) is 13.8 Å². The number of benzene rings is 2. The lowest BCUT2D eigenvalue weighted by molar-refractivity contribution is 0.186. The van der Waals surface area contributed by atoms with Gasteiger partial charge in [-0.25, -0.2) is 9.78 Å². The number of nitrogens with one attached hydrogen (secondary N) is 2. The minimum absolute atomic E-state index is 0.0570. The van der Waals surface area contributed by atoms with Crippen LogP contribution in [-0.4, -0.2) is 38.2 Å². The molecule has 0 fully saturated rings. The van der Waals surface area contributed by atoms with Crippen molar-refractivity contribution in [3.05, 3.63) is 42.5 Å². The van der Waals surface area contributed by atoms with E-state index < -0.39 is 16.2 Å². The number of methoxy groups -OCH3 is 1. The number of carbonyl (C=O) groups is 1. The average Bonchev–Trinajstić information content (AvgIpc) is 3.07. The smallest absolute Gasteiger partial charge is 0.413 e. The first kappa shape index (κ1) is 20.5. The number of imidazole rings is 1. The van der Waals surface area contributed by atoms with Gasteiger partial charge in [-0.3, -0.25) is 5.32 Å². The Kier molecular flexibility index (Phi) is 5.92. The molecule has 0 atom stereocenters. The average molecular weight is 419 g/mol. The predicted molar refractivity (Wildman–Crippen MR) is 107 cm³/mol. The number of hydrogen-bond acceptors (Lipinski definition) is 7. The Morgan fingerprint density at radius 3 is 2.69 bits per heavy atom. The van der Waals surface area contributed by atoms with Crippen LogP contribution in [0.25, 0.3) is 11.0 Å². The van der Waals surface area contributed by atoms with Crippen molar-refractivity contribution in [2.45, 2.75) is 18.7 Å². The molecule has 0 aliphatic heterocycles. The number of ether oxygens (including phenoxy) is 2. The summed E-state index contributed by atoms with van der Waals surface area (Å²) >= 11 is 0. The largest absolute Gasteiger partial charge is 0.492 e. The van der Waals surface area contributed by atoms with E-state index in [0.29, 0.717) is 17.6 Å². The summed E-state index contributed by atoms with van der Waals surface area (Å²) in [6, 6.07) is 10.8. The van der Waals surface area contributed by atoms with Crippen LogP contribution in [0.2, 0.25) is 0 Å². The molecule has 0 bridgehead atoms. The number of para-hydroxylation sites is 1. The first-order valence-electron chi connectivity index (χ1n) is 8.79. The highest BCUT2D eigenvalue weighted by molar-refractivity contribution is 7.87. The molecule has 1 aromatic heterocycles. The second-order valence-corrected chi connectivity index (χ2v) is 8.08. The maximum absolute atomic E-state index is 12.8. The fraction of sp³-hybridized carbons (Fsp3) is 0.263. The quantitative estimate of drug-likeness (QED) is 0.562. The van der Waals surface area contributed by atoms with Crippen molar-refractivity contribution in [3.63, 3.8) is 0 Å². The van der Waals surface area contributed by atoms with Crippen LogP contribution < -0.4 is 14.2 Å². The van der Waals surface area contributed by atoms with Gasteiger partial charge in [0.15, 0.2) is 0 Å². The molecule has 2 aromatic carbocycles. The predicted octanol–water partition coefficient (Wildman–Crippen LogP) is 3.54. The molecular weight excluding hydrogens is 398 g/mol. The topological polar surface area (TPSA) is 120 Å². The Balaban J connectivity index is 1.85. The molecule has 0 saturated heterocycles. The molecule has 1 amide bonds. The zero-order valence-corrected chi connectivity index (χ0v) is 16.9. The molecule has 1 heterocycles. The molecular formula is C19H21N3O6S. The minimum Gasteiger partial charge on any atom is -0.492 e. The summed E-state index contributed by atoms with van der Waals surface area (Å²) in [7, 11) is -2.89. The first-order chi connectivity index (χ1) is 13.8. The molecule has 9 nitrogen and oxygen atoms in total. The summed E-state index contributed by atoms with van der Waals surface area (Å²) in [6.45, 7) is 4.32. The van der Waals surface area contributed by atoms with Crippen molar-refractivity contribution < 1.29 is 26.9 Å². The van der Waals surface area contributed by atoms with Gasteiger partial charge in [-0.1, -0.05) is 26.0 Å². The Morgan fingerprint density at radius 2 is 1.97 bits per heavy atom. The molecule has 3 rings (SSSR count). The molecule has 0 saturated carbocycles. The number of carbonyl (C=O) groups excluding carboxylic acids is 1. The molecule has 0 unspecified atom stereocenters. The molecule has 0 aliphatic rings. The van der Waals surface area contributed by atoms with Crippen molar-refractivity contribution in [1.82, 2.24) is 9.97 Å². The van der Waals surface area contributed by atoms with Gasteiger partial charge in [0, 0.05) is 6.07 Å². The highest BCUT2D eigenvalue weighted by Gasteiger charge is 2.22. The summed E-state index contributed by atoms with van der Waals surface area (Å²) in [4.78, 5) is 18.2. The molecule has 0 spiro atoms. The standard InChI is InChI=1S/C19H21N3O6S/c1-12(2)11-27-16-6-4-5-7-17(16)29(24,25)28-13-8-9-14-15(10-13)21-18(20-14)22-19(23)26-3/h4-10,12H,11H2,1-3H3,(H2,20,21,22,23). The van der Waals surface area contributed by atoms with E-state index in [1.54, 1.807) is 24.3 Å². The van der Waals surface area contributed by atoms with Gasteiger partial charge in [0.2, 0.25) is 5.95 Å². The number of H-pyrrole nitrogens is 1. The summed E-state index contributed by atoms with van der Waals surface area (Å²) in [5, 5.41) is 2.40. The Morgan fingerprint density at radius 1 is 1.21 bits per heavy atom. The lowest BCUT2D eigenvalue weighted by Gasteiger charge is -2.13. The third-order valence-electron chi connectivity index (χ3n) is 3.76. The number of aromatic amines is 1. The van der Waals surface area contributed by atoms with E-state index in [4.69, 9.17) is 8.92 Å². The van der Waals surface area contributed by atoms with Gasteiger partial charge in [0.05, 0.1) is 24.8 Å². The third-order valence-corrected chi connectivity index (χ3v) is 5.04. The molecule has 29 heavy (non-hydrogen) atoms. The summed E-state index contributed by atoms with van der Waals surface area (Å²) < 4.78 is 41.0. The van der Waals surface area contributed by atoms with Crippen molar-refractivity contribution in [2.75, 3.05) is 19.0 Å². The van der Waals surface area contributed by atoms with E-state index in [2.05, 4.69) is 20.0 Å². The van der Waals surface area contributed by atoms with Crippen LogP contribution in [0.4, 0.5) is 10.7 Å². The van der Waals surface area contributed by atoms with Gasteiger partial charge in [0.1, 0.15) is 16.4 Å². The van der Waals surface area contributed by atoms with Gasteiger partial charge in [-0.2, -0.15) is 8.42 Å². The van der Waals surface area contributed by atoms with Crippen LogP contribution in [0, 0.1) is 5.92 Å². The van der Waals surface area contributed by atoms with Gasteiger partial charge < -0.3 is 18.6 Å². The Labute approximate surface area is 168 Å². The molecule has 0 radical (unpaired) electrons. The van der Waals surface area contributed by atoms with Crippen LogP contribution in [0.5, 0.6) is 11.5 Å². The number of aromatic nitrogens is 2. The number of rotatable bonds is 7. The van der Waals surface area contributed by atoms with E-state index in [9.17, 15) is 13.2 Å². The highest BCUT2D eigenvalue weighted by Crippen LogP contribution is 2.28. The monoisotopic (exact) mass is 419 g/mol. The van der Waals surface area contributed by atoms with Crippen molar-refractivity contribution >= 4 is 33.2 Å². The first-order valence-corrected chi connectivity index (χ1v) is 10.2. The lowest BCUT2D eigenvalue weighted by atomic mass is 10.2. The fourth-order valence-electron chi connectivity index (χ4n) is 2.45. The molecule has 10 heteroatoms. The van der Waals surface area contributed by atoms with Gasteiger partial charge >= 0.3 is 16.2 Å². The van der Waals surface area contributed by atoms with Crippen molar-refractivity contribution in [3.8, 4) is 11.5 Å².